The summed E-state index contributed by atoms with van der Waals surface area (Å²) in [6.07, 6.45) is 4.61. The van der Waals surface area contributed by atoms with Crippen LogP contribution in [0, 0.1) is 0 Å². The molecule has 3 aromatic carbocycles. The first-order valence-electron chi connectivity index (χ1n) is 8.33. The zero-order valence-corrected chi connectivity index (χ0v) is 13.4. The van der Waals surface area contributed by atoms with Gasteiger partial charge in [0, 0.05) is 0 Å². The fraction of sp³-hybridized carbons (Fsp3) is 0.130. The molecule has 1 aliphatic carbocycles. The Bertz CT molecular complexity index is 855. The number of hydrogen-bond donors (Lipinski definition) is 0. The lowest BCUT2D eigenvalue weighted by Crippen LogP contribution is -1.93. The lowest BCUT2D eigenvalue weighted by Gasteiger charge is -2.13. The van der Waals surface area contributed by atoms with E-state index in [-0.39, 0.29) is 0 Å². The third-order valence-electron chi connectivity index (χ3n) is 4.73. The minimum absolute atomic E-state index is 1.08. The fourth-order valence-corrected chi connectivity index (χ4v) is 3.49. The summed E-state index contributed by atoms with van der Waals surface area (Å²) in [6.45, 7) is 2.25. The molecule has 0 aromatic heterocycles. The highest BCUT2D eigenvalue weighted by Gasteiger charge is 2.20. The van der Waals surface area contributed by atoms with Gasteiger partial charge in [0.15, 0.2) is 0 Å². The molecule has 0 aliphatic heterocycles. The molecule has 1 aliphatic rings. The second kappa shape index (κ2) is 5.89. The van der Waals surface area contributed by atoms with Crippen LogP contribution in [0.4, 0.5) is 0 Å². The molecule has 0 unspecified atom stereocenters. The molecule has 0 saturated heterocycles. The van der Waals surface area contributed by atoms with Gasteiger partial charge in [-0.25, -0.2) is 0 Å². The molecular weight excluding hydrogens is 276 g/mol. The Morgan fingerprint density at radius 2 is 1.26 bits per heavy atom. The van der Waals surface area contributed by atoms with Gasteiger partial charge in [-0.1, -0.05) is 91.4 Å². The summed E-state index contributed by atoms with van der Waals surface area (Å²) >= 11 is 0. The molecule has 0 bridgehead atoms. The van der Waals surface area contributed by atoms with Gasteiger partial charge < -0.3 is 0 Å². The minimum atomic E-state index is 1.08. The van der Waals surface area contributed by atoms with Gasteiger partial charge in [0.25, 0.3) is 0 Å². The van der Waals surface area contributed by atoms with Gasteiger partial charge in [-0.05, 0) is 46.2 Å². The van der Waals surface area contributed by atoms with Crippen LogP contribution in [0.3, 0.4) is 0 Å². The maximum absolute atomic E-state index is 2.41. The van der Waals surface area contributed by atoms with E-state index in [9.17, 15) is 0 Å². The summed E-state index contributed by atoms with van der Waals surface area (Å²) < 4.78 is 0. The molecule has 3 aromatic rings. The van der Waals surface area contributed by atoms with Gasteiger partial charge in [-0.2, -0.15) is 0 Å². The Kier molecular flexibility index (Phi) is 3.59. The highest BCUT2D eigenvalue weighted by molar-refractivity contribution is 5.86. The normalized spacial score (nSPS) is 12.8. The lowest BCUT2D eigenvalue weighted by molar-refractivity contribution is 1.04. The first kappa shape index (κ1) is 14.0. The van der Waals surface area contributed by atoms with Crippen molar-refractivity contribution in [1.82, 2.24) is 0 Å². The van der Waals surface area contributed by atoms with Crippen LogP contribution in [0.15, 0.2) is 78.4 Å². The third kappa shape index (κ3) is 2.51. The van der Waals surface area contributed by atoms with Crippen molar-refractivity contribution in [2.75, 3.05) is 0 Å². The Morgan fingerprint density at radius 3 is 1.87 bits per heavy atom. The smallest absolute Gasteiger partial charge is 0.00515 e. The van der Waals surface area contributed by atoms with Gasteiger partial charge in [-0.15, -0.1) is 0 Å². The first-order chi connectivity index (χ1) is 11.4. The maximum atomic E-state index is 2.41. The van der Waals surface area contributed by atoms with Crippen LogP contribution in [0.25, 0.3) is 28.3 Å². The molecule has 23 heavy (non-hydrogen) atoms. The predicted molar refractivity (Wildman–Crippen MR) is 99.3 cm³/mol. The second-order valence-electron chi connectivity index (χ2n) is 6.12. The van der Waals surface area contributed by atoms with Gasteiger partial charge >= 0.3 is 0 Å². The molecule has 0 heterocycles. The number of benzene rings is 3. The Labute approximate surface area is 138 Å². The predicted octanol–water partition coefficient (Wildman–Crippen LogP) is 6.37. The molecule has 0 N–H and O–H groups in total. The number of allylic oxidation sites excluding steroid dienone is 1. The molecule has 0 nitrogen and oxygen atoms in total. The Morgan fingerprint density at radius 1 is 0.696 bits per heavy atom. The number of rotatable bonds is 3. The van der Waals surface area contributed by atoms with Crippen molar-refractivity contribution in [3.05, 3.63) is 89.5 Å². The van der Waals surface area contributed by atoms with Crippen molar-refractivity contribution < 1.29 is 0 Å². The maximum Gasteiger partial charge on any atom is -0.00515 e. The molecule has 0 fully saturated rings. The van der Waals surface area contributed by atoms with Crippen LogP contribution < -0.4 is 0 Å². The quantitative estimate of drug-likeness (QED) is 0.526. The average molecular weight is 296 g/mol. The van der Waals surface area contributed by atoms with Crippen LogP contribution in [-0.4, -0.2) is 0 Å². The van der Waals surface area contributed by atoms with E-state index in [1.165, 1.54) is 39.0 Å². The highest BCUT2D eigenvalue weighted by Crippen LogP contribution is 2.40. The molecule has 112 valence electrons. The highest BCUT2D eigenvalue weighted by atomic mass is 14.2. The summed E-state index contributed by atoms with van der Waals surface area (Å²) in [7, 11) is 0. The molecule has 0 amide bonds. The lowest BCUT2D eigenvalue weighted by atomic mass is 9.90. The molecule has 0 heteroatoms. The molecule has 4 rings (SSSR count). The van der Waals surface area contributed by atoms with E-state index in [0.717, 1.165) is 12.8 Å². The van der Waals surface area contributed by atoms with Gasteiger partial charge in [0.05, 0.1) is 0 Å². The standard InChI is InChI=1S/C23H20/c1-2-17-15-22-20(18-9-5-3-6-10-18)13-14-21(23(22)16-17)19-11-7-4-8-12-19/h3-15H,2,16H2,1H3. The van der Waals surface area contributed by atoms with E-state index in [1.54, 1.807) is 0 Å². The SMILES string of the molecule is CCC1=Cc2c(-c3ccccc3)ccc(-c3ccccc3)c2C1. The van der Waals surface area contributed by atoms with Gasteiger partial charge in [0.2, 0.25) is 0 Å². The average Bonchev–Trinajstić information content (AvgIpc) is 3.07. The third-order valence-corrected chi connectivity index (χ3v) is 4.73. The summed E-state index contributed by atoms with van der Waals surface area (Å²) in [5.41, 5.74) is 9.76. The largest absolute Gasteiger partial charge is 0.0654 e. The van der Waals surface area contributed by atoms with Crippen molar-refractivity contribution in [1.29, 1.82) is 0 Å². The van der Waals surface area contributed by atoms with Crippen molar-refractivity contribution in [3.63, 3.8) is 0 Å². The van der Waals surface area contributed by atoms with E-state index >= 15 is 0 Å². The van der Waals surface area contributed by atoms with Gasteiger partial charge in [0.1, 0.15) is 0 Å². The molecule has 0 saturated carbocycles. The molecule has 0 radical (unpaired) electrons. The van der Waals surface area contributed by atoms with Crippen LogP contribution in [-0.2, 0) is 6.42 Å². The topological polar surface area (TPSA) is 0 Å². The summed E-state index contributed by atoms with van der Waals surface area (Å²) in [5, 5.41) is 0. The monoisotopic (exact) mass is 296 g/mol. The second-order valence-corrected chi connectivity index (χ2v) is 6.12. The summed E-state index contributed by atoms with van der Waals surface area (Å²) in [4.78, 5) is 0. The Hall–Kier alpha value is -2.60. The van der Waals surface area contributed by atoms with Crippen LogP contribution in [0.5, 0.6) is 0 Å². The van der Waals surface area contributed by atoms with E-state index in [4.69, 9.17) is 0 Å². The fourth-order valence-electron chi connectivity index (χ4n) is 3.49. The zero-order chi connectivity index (χ0) is 15.6. The number of fused-ring (bicyclic) bond motifs is 1. The van der Waals surface area contributed by atoms with E-state index in [2.05, 4.69) is 85.8 Å². The molecule has 0 atom stereocenters. The Balaban J connectivity index is 1.92. The van der Waals surface area contributed by atoms with Crippen molar-refractivity contribution in [2.45, 2.75) is 19.8 Å². The minimum Gasteiger partial charge on any atom is -0.0654 e. The number of hydrogen-bond acceptors (Lipinski definition) is 0. The van der Waals surface area contributed by atoms with E-state index in [0.29, 0.717) is 0 Å². The molecular formula is C23H20. The van der Waals surface area contributed by atoms with Crippen LogP contribution in [0.2, 0.25) is 0 Å². The summed E-state index contributed by atoms with van der Waals surface area (Å²) in [6, 6.07) is 26.0. The van der Waals surface area contributed by atoms with E-state index < -0.39 is 0 Å². The van der Waals surface area contributed by atoms with Crippen LogP contribution >= 0.6 is 0 Å². The zero-order valence-electron chi connectivity index (χ0n) is 13.4. The summed E-state index contributed by atoms with van der Waals surface area (Å²) in [5.74, 6) is 0. The van der Waals surface area contributed by atoms with Gasteiger partial charge in [-0.3, -0.25) is 0 Å². The first-order valence-corrected chi connectivity index (χ1v) is 8.33. The molecule has 0 spiro atoms. The van der Waals surface area contributed by atoms with Crippen LogP contribution in [0.1, 0.15) is 24.5 Å². The van der Waals surface area contributed by atoms with Crippen molar-refractivity contribution in [2.24, 2.45) is 0 Å². The van der Waals surface area contributed by atoms with E-state index in [1.807, 2.05) is 0 Å². The van der Waals surface area contributed by atoms with Crippen molar-refractivity contribution >= 4 is 6.08 Å². The van der Waals surface area contributed by atoms with Crippen molar-refractivity contribution in [3.8, 4) is 22.3 Å².